The number of fused-ring (bicyclic) bond motifs is 1. The lowest BCUT2D eigenvalue weighted by Gasteiger charge is -2.07. The Labute approximate surface area is 149 Å². The number of carbonyl (C=O) groups is 2. The Hall–Kier alpha value is -2.07. The first-order valence-corrected chi connectivity index (χ1v) is 8.39. The van der Waals surface area contributed by atoms with E-state index in [1.54, 1.807) is 30.3 Å². The molecule has 2 aromatic carbocycles. The summed E-state index contributed by atoms with van der Waals surface area (Å²) < 4.78 is 14.1. The van der Waals surface area contributed by atoms with Gasteiger partial charge in [-0.15, -0.1) is 0 Å². The van der Waals surface area contributed by atoms with Gasteiger partial charge in [0.15, 0.2) is 6.61 Å². The second-order valence-corrected chi connectivity index (χ2v) is 6.23. The minimum Gasteiger partial charge on any atom is -0.452 e. The Kier molecular flexibility index (Phi) is 4.82. The molecule has 0 radical (unpaired) electrons. The summed E-state index contributed by atoms with van der Waals surface area (Å²) in [5, 5.41) is 2.68. The zero-order valence-electron chi connectivity index (χ0n) is 11.7. The standard InChI is InChI=1S/C15H10IN3O3S/c16-10-5-2-1-4-9(10)15(21)22-8-13(20)17-11-6-3-7-12-14(11)19-23-18-12/h1-7H,8H2,(H,17,20). The van der Waals surface area contributed by atoms with Crippen LogP contribution in [-0.4, -0.2) is 27.2 Å². The molecule has 1 aromatic heterocycles. The average Bonchev–Trinajstić information content (AvgIpc) is 3.03. The lowest BCUT2D eigenvalue weighted by atomic mass is 10.2. The fraction of sp³-hybridized carbons (Fsp3) is 0.0667. The molecular formula is C15H10IN3O3S. The third kappa shape index (κ3) is 3.64. The van der Waals surface area contributed by atoms with Crippen LogP contribution >= 0.6 is 34.3 Å². The summed E-state index contributed by atoms with van der Waals surface area (Å²) in [5.41, 5.74) is 2.32. The van der Waals surface area contributed by atoms with Gasteiger partial charge in [-0.3, -0.25) is 4.79 Å². The van der Waals surface area contributed by atoms with Gasteiger partial charge in [0.1, 0.15) is 11.0 Å². The lowest BCUT2D eigenvalue weighted by molar-refractivity contribution is -0.119. The van der Waals surface area contributed by atoms with Crippen molar-refractivity contribution in [1.29, 1.82) is 0 Å². The molecule has 0 spiro atoms. The molecule has 0 aliphatic rings. The van der Waals surface area contributed by atoms with Crippen LogP contribution in [0.3, 0.4) is 0 Å². The lowest BCUT2D eigenvalue weighted by Crippen LogP contribution is -2.21. The largest absolute Gasteiger partial charge is 0.452 e. The number of halogens is 1. The summed E-state index contributed by atoms with van der Waals surface area (Å²) in [5.74, 6) is -0.955. The summed E-state index contributed by atoms with van der Waals surface area (Å²) in [6.07, 6.45) is 0. The highest BCUT2D eigenvalue weighted by Crippen LogP contribution is 2.21. The van der Waals surface area contributed by atoms with Crippen LogP contribution in [0.15, 0.2) is 42.5 Å². The van der Waals surface area contributed by atoms with E-state index in [9.17, 15) is 9.59 Å². The smallest absolute Gasteiger partial charge is 0.339 e. The van der Waals surface area contributed by atoms with Gasteiger partial charge in [0.05, 0.1) is 23.0 Å². The molecule has 1 N–H and O–H groups in total. The van der Waals surface area contributed by atoms with Crippen LogP contribution in [-0.2, 0) is 9.53 Å². The molecule has 23 heavy (non-hydrogen) atoms. The van der Waals surface area contributed by atoms with Crippen LogP contribution in [0.1, 0.15) is 10.4 Å². The molecule has 0 aliphatic carbocycles. The third-order valence-corrected chi connectivity index (χ3v) is 4.47. The van der Waals surface area contributed by atoms with Gasteiger partial charge in [-0.05, 0) is 46.9 Å². The van der Waals surface area contributed by atoms with E-state index in [0.29, 0.717) is 22.3 Å². The minimum absolute atomic E-state index is 0.363. The molecule has 6 nitrogen and oxygen atoms in total. The SMILES string of the molecule is O=C(COC(=O)c1ccccc1I)Nc1cccc2nsnc12. The van der Waals surface area contributed by atoms with E-state index in [1.807, 2.05) is 34.7 Å². The predicted octanol–water partition coefficient (Wildman–Crippen LogP) is 3.09. The van der Waals surface area contributed by atoms with Gasteiger partial charge in [0.25, 0.3) is 5.91 Å². The molecule has 116 valence electrons. The third-order valence-electron chi connectivity index (χ3n) is 2.99. The molecule has 0 atom stereocenters. The Morgan fingerprint density at radius 1 is 1.13 bits per heavy atom. The van der Waals surface area contributed by atoms with Gasteiger partial charge >= 0.3 is 5.97 Å². The molecular weight excluding hydrogens is 429 g/mol. The van der Waals surface area contributed by atoms with Crippen LogP contribution < -0.4 is 5.32 Å². The van der Waals surface area contributed by atoms with E-state index in [1.165, 1.54) is 0 Å². The number of benzene rings is 2. The Morgan fingerprint density at radius 3 is 2.78 bits per heavy atom. The molecule has 1 heterocycles. The second kappa shape index (κ2) is 7.01. The van der Waals surface area contributed by atoms with E-state index >= 15 is 0 Å². The van der Waals surface area contributed by atoms with Crippen molar-refractivity contribution >= 4 is 62.9 Å². The Balaban J connectivity index is 1.63. The molecule has 0 aliphatic heterocycles. The number of carbonyl (C=O) groups excluding carboxylic acids is 2. The van der Waals surface area contributed by atoms with E-state index in [2.05, 4.69) is 14.1 Å². The minimum atomic E-state index is -0.529. The van der Waals surface area contributed by atoms with E-state index in [4.69, 9.17) is 4.74 Å². The summed E-state index contributed by atoms with van der Waals surface area (Å²) in [6, 6.07) is 12.3. The summed E-state index contributed by atoms with van der Waals surface area (Å²) in [6.45, 7) is -0.363. The molecule has 8 heteroatoms. The van der Waals surface area contributed by atoms with Crippen molar-refractivity contribution < 1.29 is 14.3 Å². The second-order valence-electron chi connectivity index (χ2n) is 4.54. The normalized spacial score (nSPS) is 10.5. The zero-order chi connectivity index (χ0) is 16.2. The number of aromatic nitrogens is 2. The summed E-state index contributed by atoms with van der Waals surface area (Å²) >= 11 is 3.12. The Bertz CT molecular complexity index is 881. The van der Waals surface area contributed by atoms with Crippen molar-refractivity contribution in [2.45, 2.75) is 0 Å². The fourth-order valence-corrected chi connectivity index (χ4v) is 3.09. The van der Waals surface area contributed by atoms with Gasteiger partial charge in [-0.1, -0.05) is 18.2 Å². The van der Waals surface area contributed by atoms with Gasteiger partial charge in [-0.25, -0.2) is 4.79 Å². The van der Waals surface area contributed by atoms with E-state index < -0.39 is 11.9 Å². The molecule has 0 saturated carbocycles. The molecule has 0 unspecified atom stereocenters. The summed E-state index contributed by atoms with van der Waals surface area (Å²) in [7, 11) is 0. The van der Waals surface area contributed by atoms with Crippen molar-refractivity contribution in [2.75, 3.05) is 11.9 Å². The van der Waals surface area contributed by atoms with Gasteiger partial charge in [-0.2, -0.15) is 8.75 Å². The number of ether oxygens (including phenoxy) is 1. The predicted molar refractivity (Wildman–Crippen MR) is 95.5 cm³/mol. The number of amides is 1. The quantitative estimate of drug-likeness (QED) is 0.499. The number of nitrogens with one attached hydrogen (secondary N) is 1. The van der Waals surface area contributed by atoms with Crippen LogP contribution in [0.4, 0.5) is 5.69 Å². The Morgan fingerprint density at radius 2 is 1.96 bits per heavy atom. The number of hydrogen-bond acceptors (Lipinski definition) is 6. The fourth-order valence-electron chi connectivity index (χ4n) is 1.93. The van der Waals surface area contributed by atoms with Crippen molar-refractivity contribution in [3.63, 3.8) is 0 Å². The molecule has 0 saturated heterocycles. The topological polar surface area (TPSA) is 81.2 Å². The molecule has 3 aromatic rings. The van der Waals surface area contributed by atoms with Gasteiger partial charge in [0, 0.05) is 3.57 Å². The first kappa shape index (κ1) is 15.8. The first-order chi connectivity index (χ1) is 11.1. The van der Waals surface area contributed by atoms with Crippen molar-refractivity contribution in [3.8, 4) is 0 Å². The van der Waals surface area contributed by atoms with Crippen LogP contribution in [0, 0.1) is 3.57 Å². The number of esters is 1. The average molecular weight is 439 g/mol. The van der Waals surface area contributed by atoms with Crippen molar-refractivity contribution in [3.05, 3.63) is 51.6 Å². The first-order valence-electron chi connectivity index (χ1n) is 6.58. The zero-order valence-corrected chi connectivity index (χ0v) is 14.6. The van der Waals surface area contributed by atoms with Gasteiger partial charge in [0.2, 0.25) is 0 Å². The van der Waals surface area contributed by atoms with E-state index in [0.717, 1.165) is 15.3 Å². The maximum absolute atomic E-state index is 12.0. The van der Waals surface area contributed by atoms with E-state index in [-0.39, 0.29) is 6.61 Å². The maximum atomic E-state index is 12.0. The summed E-state index contributed by atoms with van der Waals surface area (Å²) in [4.78, 5) is 23.9. The van der Waals surface area contributed by atoms with Crippen LogP contribution in [0.2, 0.25) is 0 Å². The van der Waals surface area contributed by atoms with Crippen LogP contribution in [0.25, 0.3) is 11.0 Å². The molecule has 0 bridgehead atoms. The highest BCUT2D eigenvalue weighted by atomic mass is 127. The molecule has 3 rings (SSSR count). The van der Waals surface area contributed by atoms with Crippen molar-refractivity contribution in [1.82, 2.24) is 8.75 Å². The maximum Gasteiger partial charge on any atom is 0.339 e. The highest BCUT2D eigenvalue weighted by Gasteiger charge is 2.14. The van der Waals surface area contributed by atoms with Crippen molar-refractivity contribution in [2.24, 2.45) is 0 Å². The van der Waals surface area contributed by atoms with Crippen LogP contribution in [0.5, 0.6) is 0 Å². The number of hydrogen-bond donors (Lipinski definition) is 1. The molecule has 1 amide bonds. The molecule has 0 fully saturated rings. The van der Waals surface area contributed by atoms with Gasteiger partial charge < -0.3 is 10.1 Å². The monoisotopic (exact) mass is 439 g/mol. The number of anilines is 1. The number of nitrogens with zero attached hydrogens (tertiary/aromatic N) is 2. The number of rotatable bonds is 4. The highest BCUT2D eigenvalue weighted by molar-refractivity contribution is 14.1.